The fourth-order valence-corrected chi connectivity index (χ4v) is 2.56. The fourth-order valence-electron chi connectivity index (χ4n) is 2.15. The summed E-state index contributed by atoms with van der Waals surface area (Å²) >= 11 is 1.64. The predicted octanol–water partition coefficient (Wildman–Crippen LogP) is 3.53. The van der Waals surface area contributed by atoms with E-state index >= 15 is 0 Å². The smallest absolute Gasteiger partial charge is 0.336 e. The van der Waals surface area contributed by atoms with Crippen molar-refractivity contribution in [1.82, 2.24) is 0 Å². The average molecular weight is 341 g/mol. The van der Waals surface area contributed by atoms with E-state index in [-0.39, 0.29) is 12.5 Å². The summed E-state index contributed by atoms with van der Waals surface area (Å²) in [6.45, 7) is -0.132. The standard InChI is InChI=1S/C18H15NO4S/c1-24-15-7-4-13(5-8-15)19-17(20)11-22-14-6-2-12-3-9-18(21)23-16(12)10-14/h2-10H,11H2,1H3,(H,19,20). The first-order valence-corrected chi connectivity index (χ1v) is 8.47. The molecule has 6 heteroatoms. The van der Waals surface area contributed by atoms with Crippen LogP contribution in [0.25, 0.3) is 11.0 Å². The van der Waals surface area contributed by atoms with Crippen molar-refractivity contribution in [2.24, 2.45) is 0 Å². The van der Waals surface area contributed by atoms with Crippen LogP contribution in [0.15, 0.2) is 68.7 Å². The molecule has 3 rings (SSSR count). The molecule has 1 amide bonds. The van der Waals surface area contributed by atoms with E-state index in [4.69, 9.17) is 9.15 Å². The molecule has 0 aliphatic carbocycles. The van der Waals surface area contributed by atoms with Crippen molar-refractivity contribution in [2.45, 2.75) is 4.90 Å². The molecule has 24 heavy (non-hydrogen) atoms. The van der Waals surface area contributed by atoms with Crippen LogP contribution in [0.3, 0.4) is 0 Å². The lowest BCUT2D eigenvalue weighted by molar-refractivity contribution is -0.118. The van der Waals surface area contributed by atoms with Gasteiger partial charge in [-0.25, -0.2) is 4.79 Å². The van der Waals surface area contributed by atoms with Crippen molar-refractivity contribution in [3.63, 3.8) is 0 Å². The first-order valence-electron chi connectivity index (χ1n) is 7.25. The SMILES string of the molecule is CSc1ccc(NC(=O)COc2ccc3ccc(=O)oc3c2)cc1. The van der Waals surface area contributed by atoms with Crippen molar-refractivity contribution in [3.05, 3.63) is 65.0 Å². The lowest BCUT2D eigenvalue weighted by Crippen LogP contribution is -2.20. The second-order valence-electron chi connectivity index (χ2n) is 5.02. The van der Waals surface area contributed by atoms with Crippen molar-refractivity contribution >= 4 is 34.3 Å². The van der Waals surface area contributed by atoms with Crippen LogP contribution in [0.5, 0.6) is 5.75 Å². The minimum absolute atomic E-state index is 0.132. The minimum atomic E-state index is -0.425. The number of amides is 1. The van der Waals surface area contributed by atoms with E-state index in [0.29, 0.717) is 17.0 Å². The molecule has 3 aromatic rings. The van der Waals surface area contributed by atoms with Gasteiger partial charge in [0.1, 0.15) is 11.3 Å². The summed E-state index contributed by atoms with van der Waals surface area (Å²) in [5.74, 6) is 0.200. The number of nitrogens with one attached hydrogen (secondary N) is 1. The molecular weight excluding hydrogens is 326 g/mol. The van der Waals surface area contributed by atoms with E-state index in [1.54, 1.807) is 36.0 Å². The molecule has 0 spiro atoms. The molecule has 1 aromatic heterocycles. The number of hydrogen-bond donors (Lipinski definition) is 1. The van der Waals surface area contributed by atoms with Gasteiger partial charge < -0.3 is 14.5 Å². The second-order valence-corrected chi connectivity index (χ2v) is 5.90. The fraction of sp³-hybridized carbons (Fsp3) is 0.111. The van der Waals surface area contributed by atoms with Crippen molar-refractivity contribution < 1.29 is 13.9 Å². The summed E-state index contributed by atoms with van der Waals surface area (Å²) in [5.41, 5.74) is 0.713. The van der Waals surface area contributed by atoms with Crippen LogP contribution in [-0.4, -0.2) is 18.8 Å². The van der Waals surface area contributed by atoms with Crippen LogP contribution in [0.4, 0.5) is 5.69 Å². The number of carbonyl (C=O) groups excluding carboxylic acids is 1. The molecule has 1 N–H and O–H groups in total. The van der Waals surface area contributed by atoms with Gasteiger partial charge >= 0.3 is 5.63 Å². The van der Waals surface area contributed by atoms with Gasteiger partial charge in [0.25, 0.3) is 5.91 Å². The van der Waals surface area contributed by atoms with E-state index in [9.17, 15) is 9.59 Å². The summed E-state index contributed by atoms with van der Waals surface area (Å²) in [4.78, 5) is 24.3. The molecule has 0 saturated heterocycles. The van der Waals surface area contributed by atoms with E-state index in [1.165, 1.54) is 6.07 Å². The van der Waals surface area contributed by atoms with Gasteiger partial charge in [-0.05, 0) is 48.7 Å². The summed E-state index contributed by atoms with van der Waals surface area (Å²) in [6, 6.07) is 15.7. The molecular formula is C18H15NO4S. The zero-order valence-electron chi connectivity index (χ0n) is 12.9. The van der Waals surface area contributed by atoms with Crippen LogP contribution in [0.1, 0.15) is 0 Å². The van der Waals surface area contributed by atoms with Gasteiger partial charge in [0.15, 0.2) is 6.61 Å². The minimum Gasteiger partial charge on any atom is -0.484 e. The highest BCUT2D eigenvalue weighted by atomic mass is 32.2. The Bertz CT molecular complexity index is 918. The number of anilines is 1. The van der Waals surface area contributed by atoms with Crippen LogP contribution >= 0.6 is 11.8 Å². The zero-order valence-corrected chi connectivity index (χ0v) is 13.8. The molecule has 0 atom stereocenters. The Kier molecular flexibility index (Phi) is 4.86. The molecule has 1 heterocycles. The Balaban J connectivity index is 1.62. The lowest BCUT2D eigenvalue weighted by Gasteiger charge is -2.08. The molecule has 0 fully saturated rings. The van der Waals surface area contributed by atoms with E-state index in [0.717, 1.165) is 10.3 Å². The molecule has 122 valence electrons. The number of benzene rings is 2. The summed E-state index contributed by atoms with van der Waals surface area (Å²) in [7, 11) is 0. The number of carbonyl (C=O) groups is 1. The Hall–Kier alpha value is -2.73. The number of ether oxygens (including phenoxy) is 1. The Labute approximate surface area is 142 Å². The van der Waals surface area contributed by atoms with Crippen LogP contribution in [0.2, 0.25) is 0 Å². The third kappa shape index (κ3) is 3.97. The molecule has 0 aliphatic heterocycles. The number of hydrogen-bond acceptors (Lipinski definition) is 5. The average Bonchev–Trinajstić information content (AvgIpc) is 2.60. The summed E-state index contributed by atoms with van der Waals surface area (Å²) < 4.78 is 10.5. The number of fused-ring (bicyclic) bond motifs is 1. The normalized spacial score (nSPS) is 10.5. The summed E-state index contributed by atoms with van der Waals surface area (Å²) in [5, 5.41) is 3.56. The van der Waals surface area contributed by atoms with Crippen molar-refractivity contribution in [1.29, 1.82) is 0 Å². The molecule has 0 aliphatic rings. The quantitative estimate of drug-likeness (QED) is 0.568. The highest BCUT2D eigenvalue weighted by Gasteiger charge is 2.05. The highest BCUT2D eigenvalue weighted by molar-refractivity contribution is 7.98. The Morgan fingerprint density at radius 2 is 1.88 bits per heavy atom. The molecule has 0 saturated carbocycles. The van der Waals surface area contributed by atoms with Gasteiger partial charge in [0.05, 0.1) is 0 Å². The second kappa shape index (κ2) is 7.23. The van der Waals surface area contributed by atoms with Gasteiger partial charge in [-0.1, -0.05) is 0 Å². The number of thioether (sulfide) groups is 1. The first kappa shape index (κ1) is 16.1. The van der Waals surface area contributed by atoms with Gasteiger partial charge in [-0.2, -0.15) is 0 Å². The third-order valence-electron chi connectivity index (χ3n) is 3.34. The monoisotopic (exact) mass is 341 g/mol. The van der Waals surface area contributed by atoms with Crippen LogP contribution < -0.4 is 15.7 Å². The van der Waals surface area contributed by atoms with Crippen molar-refractivity contribution in [2.75, 3.05) is 18.2 Å². The van der Waals surface area contributed by atoms with Gasteiger partial charge in [-0.3, -0.25) is 4.79 Å². The number of rotatable bonds is 5. The first-order chi connectivity index (χ1) is 11.6. The molecule has 2 aromatic carbocycles. The molecule has 0 unspecified atom stereocenters. The predicted molar refractivity (Wildman–Crippen MR) is 94.8 cm³/mol. The van der Waals surface area contributed by atoms with Gasteiger partial charge in [0, 0.05) is 28.1 Å². The Morgan fingerprint density at radius 3 is 2.62 bits per heavy atom. The Morgan fingerprint density at radius 1 is 1.12 bits per heavy atom. The largest absolute Gasteiger partial charge is 0.484 e. The van der Waals surface area contributed by atoms with Gasteiger partial charge in [-0.15, -0.1) is 11.8 Å². The molecule has 0 bridgehead atoms. The highest BCUT2D eigenvalue weighted by Crippen LogP contribution is 2.20. The summed E-state index contributed by atoms with van der Waals surface area (Å²) in [6.07, 6.45) is 1.99. The zero-order chi connectivity index (χ0) is 16.9. The van der Waals surface area contributed by atoms with E-state index < -0.39 is 5.63 Å². The van der Waals surface area contributed by atoms with Crippen molar-refractivity contribution in [3.8, 4) is 5.75 Å². The van der Waals surface area contributed by atoms with E-state index in [2.05, 4.69) is 5.32 Å². The van der Waals surface area contributed by atoms with E-state index in [1.807, 2.05) is 30.5 Å². The van der Waals surface area contributed by atoms with Gasteiger partial charge in [0.2, 0.25) is 0 Å². The topological polar surface area (TPSA) is 68.5 Å². The van der Waals surface area contributed by atoms with Crippen LogP contribution in [0, 0.1) is 0 Å². The third-order valence-corrected chi connectivity index (χ3v) is 4.08. The maximum absolute atomic E-state index is 11.9. The molecule has 5 nitrogen and oxygen atoms in total. The maximum Gasteiger partial charge on any atom is 0.336 e. The lowest BCUT2D eigenvalue weighted by atomic mass is 10.2. The molecule has 0 radical (unpaired) electrons. The van der Waals surface area contributed by atoms with Crippen LogP contribution in [-0.2, 0) is 4.79 Å². The maximum atomic E-state index is 11.9.